The summed E-state index contributed by atoms with van der Waals surface area (Å²) >= 11 is 0. The van der Waals surface area contributed by atoms with Gasteiger partial charge in [0.1, 0.15) is 11.5 Å². The van der Waals surface area contributed by atoms with Gasteiger partial charge in [-0.1, -0.05) is 41.7 Å². The highest BCUT2D eigenvalue weighted by molar-refractivity contribution is 5.96. The van der Waals surface area contributed by atoms with Crippen molar-refractivity contribution < 1.29 is 14.3 Å². The fraction of sp³-hybridized carbons (Fsp3) is 0.265. The fourth-order valence-electron chi connectivity index (χ4n) is 4.43. The normalized spacial score (nSPS) is 14.4. The third kappa shape index (κ3) is 7.58. The van der Waals surface area contributed by atoms with E-state index in [9.17, 15) is 9.59 Å². The molecule has 1 aliphatic carbocycles. The number of rotatable bonds is 8. The Kier molecular flexibility index (Phi) is 9.33. The zero-order chi connectivity index (χ0) is 30.3. The number of aromatic nitrogens is 3. The van der Waals surface area contributed by atoms with Gasteiger partial charge < -0.3 is 15.8 Å². The van der Waals surface area contributed by atoms with Crippen LogP contribution in [0.5, 0.6) is 0 Å². The van der Waals surface area contributed by atoms with E-state index in [1.54, 1.807) is 30.7 Å². The summed E-state index contributed by atoms with van der Waals surface area (Å²) in [5.74, 6) is 5.15. The van der Waals surface area contributed by atoms with Crippen molar-refractivity contribution in [3.8, 4) is 11.8 Å². The number of nitrogens with zero attached hydrogens (tertiary/aromatic N) is 3. The van der Waals surface area contributed by atoms with Gasteiger partial charge in [0, 0.05) is 48.1 Å². The molecule has 1 unspecified atom stereocenters. The Labute approximate surface area is 246 Å². The Morgan fingerprint density at radius 3 is 2.62 bits per heavy atom. The van der Waals surface area contributed by atoms with Crippen molar-refractivity contribution in [2.45, 2.75) is 52.6 Å². The number of nitrogens with two attached hydrogens (primary N) is 1. The third-order valence-corrected chi connectivity index (χ3v) is 6.41. The molecule has 3 heterocycles. The van der Waals surface area contributed by atoms with Crippen LogP contribution in [0.1, 0.15) is 69.5 Å². The number of hydrogen-bond acceptors (Lipinski definition) is 6. The molecule has 8 nitrogen and oxygen atoms in total. The highest BCUT2D eigenvalue weighted by Gasteiger charge is 2.25. The SMILES string of the molecule is C/C(=C\C=C(/C)c1nc2ccnc(C(C(N)=O)c3ccncc3)c2cc1C1=CC=CCC#C1)CNC(=O)OC(C)(C)C. The molecular weight excluding hydrogens is 526 g/mol. The monoisotopic (exact) mass is 561 g/mol. The molecule has 0 aliphatic heterocycles. The van der Waals surface area contributed by atoms with E-state index in [1.165, 1.54) is 0 Å². The Hall–Kier alpha value is -5.03. The van der Waals surface area contributed by atoms with Crippen LogP contribution in [-0.2, 0) is 9.53 Å². The fourth-order valence-corrected chi connectivity index (χ4v) is 4.43. The van der Waals surface area contributed by atoms with Crippen LogP contribution >= 0.6 is 0 Å². The van der Waals surface area contributed by atoms with E-state index in [1.807, 2.05) is 77.1 Å². The molecule has 0 saturated carbocycles. The zero-order valence-electron chi connectivity index (χ0n) is 24.6. The van der Waals surface area contributed by atoms with Crippen LogP contribution in [0, 0.1) is 11.8 Å². The zero-order valence-corrected chi connectivity index (χ0v) is 24.6. The summed E-state index contributed by atoms with van der Waals surface area (Å²) in [7, 11) is 0. The maximum absolute atomic E-state index is 12.7. The van der Waals surface area contributed by atoms with Gasteiger partial charge in [0.25, 0.3) is 0 Å². The first-order chi connectivity index (χ1) is 20.0. The van der Waals surface area contributed by atoms with Gasteiger partial charge >= 0.3 is 6.09 Å². The average molecular weight is 562 g/mol. The third-order valence-electron chi connectivity index (χ3n) is 6.41. The lowest BCUT2D eigenvalue weighted by Crippen LogP contribution is -2.33. The number of fused-ring (bicyclic) bond motifs is 1. The van der Waals surface area contributed by atoms with Crippen molar-refractivity contribution in [3.05, 3.63) is 101 Å². The molecule has 4 rings (SSSR count). The van der Waals surface area contributed by atoms with Gasteiger partial charge in [-0.2, -0.15) is 0 Å². The van der Waals surface area contributed by atoms with Crippen molar-refractivity contribution in [1.82, 2.24) is 20.3 Å². The highest BCUT2D eigenvalue weighted by atomic mass is 16.6. The molecule has 3 N–H and O–H groups in total. The molecule has 0 spiro atoms. The van der Waals surface area contributed by atoms with Crippen molar-refractivity contribution in [3.63, 3.8) is 0 Å². The van der Waals surface area contributed by atoms with E-state index in [-0.39, 0.29) is 0 Å². The van der Waals surface area contributed by atoms with Gasteiger partial charge in [-0.3, -0.25) is 14.8 Å². The number of carbonyl (C=O) groups excluding carboxylic acids is 2. The van der Waals surface area contributed by atoms with Gasteiger partial charge in [-0.15, -0.1) is 0 Å². The van der Waals surface area contributed by atoms with Gasteiger partial charge in [0.05, 0.1) is 16.9 Å². The van der Waals surface area contributed by atoms with Crippen molar-refractivity contribution in [2.75, 3.05) is 6.54 Å². The van der Waals surface area contributed by atoms with Crippen LogP contribution in [0.4, 0.5) is 4.79 Å². The number of nitrogens with one attached hydrogen (secondary N) is 1. The van der Waals surface area contributed by atoms with Gasteiger partial charge in [-0.25, -0.2) is 9.78 Å². The number of carbonyl (C=O) groups is 2. The van der Waals surface area contributed by atoms with E-state index in [0.29, 0.717) is 35.1 Å². The molecule has 42 heavy (non-hydrogen) atoms. The standard InChI is InChI=1S/C34H35N5O3/c1-22(21-38-33(41)42-34(3,4)5)12-13-23(2)30-26(24-10-8-6-7-9-11-24)20-27-28(39-30)16-19-37-31(27)29(32(35)40)25-14-17-36-18-15-25/h6,8,10,12-20,29H,7,21H2,1-5H3,(H2,35,40)(H,38,41)/b22-12+,23-13+. The van der Waals surface area contributed by atoms with Gasteiger partial charge in [0.2, 0.25) is 5.91 Å². The number of hydrogen-bond donors (Lipinski definition) is 2. The van der Waals surface area contributed by atoms with Crippen molar-refractivity contribution >= 4 is 34.0 Å². The van der Waals surface area contributed by atoms with E-state index in [0.717, 1.165) is 28.0 Å². The lowest BCUT2D eigenvalue weighted by molar-refractivity contribution is -0.118. The average Bonchev–Trinajstić information content (AvgIpc) is 3.23. The summed E-state index contributed by atoms with van der Waals surface area (Å²) in [5, 5.41) is 3.49. The van der Waals surface area contributed by atoms with Crippen LogP contribution in [0.15, 0.2) is 78.8 Å². The quantitative estimate of drug-likeness (QED) is 0.262. The molecule has 1 aliphatic rings. The largest absolute Gasteiger partial charge is 0.444 e. The van der Waals surface area contributed by atoms with Crippen LogP contribution in [0.3, 0.4) is 0 Å². The minimum Gasteiger partial charge on any atom is -0.444 e. The number of alkyl carbamates (subject to hydrolysis) is 1. The molecule has 3 aromatic heterocycles. The molecule has 214 valence electrons. The molecular formula is C34H35N5O3. The summed E-state index contributed by atoms with van der Waals surface area (Å²) < 4.78 is 5.32. The lowest BCUT2D eigenvalue weighted by atomic mass is 9.90. The van der Waals surface area contributed by atoms with Gasteiger partial charge in [-0.05, 0) is 76.1 Å². The number of primary amides is 1. The van der Waals surface area contributed by atoms with E-state index < -0.39 is 23.5 Å². The van der Waals surface area contributed by atoms with E-state index in [4.69, 9.17) is 15.5 Å². The second kappa shape index (κ2) is 13.1. The van der Waals surface area contributed by atoms with Crippen molar-refractivity contribution in [1.29, 1.82) is 0 Å². The maximum atomic E-state index is 12.7. The van der Waals surface area contributed by atoms with Crippen LogP contribution in [-0.4, -0.2) is 39.1 Å². The first-order valence-corrected chi connectivity index (χ1v) is 13.7. The molecule has 2 amide bonds. The number of ether oxygens (including phenoxy) is 1. The molecule has 1 atom stereocenters. The maximum Gasteiger partial charge on any atom is 0.407 e. The molecule has 0 radical (unpaired) electrons. The summed E-state index contributed by atoms with van der Waals surface area (Å²) in [4.78, 5) is 38.5. The summed E-state index contributed by atoms with van der Waals surface area (Å²) in [6.45, 7) is 9.73. The molecule has 0 saturated heterocycles. The number of amides is 2. The summed E-state index contributed by atoms with van der Waals surface area (Å²) in [5.41, 5.74) is 11.5. The second-order valence-electron chi connectivity index (χ2n) is 11.0. The van der Waals surface area contributed by atoms with E-state index >= 15 is 0 Å². The first kappa shape index (κ1) is 29.9. The molecule has 3 aromatic rings. The van der Waals surface area contributed by atoms with Crippen molar-refractivity contribution in [2.24, 2.45) is 5.73 Å². The minimum absolute atomic E-state index is 0.344. The lowest BCUT2D eigenvalue weighted by Gasteiger charge is -2.19. The first-order valence-electron chi connectivity index (χ1n) is 13.7. The van der Waals surface area contributed by atoms with E-state index in [2.05, 4.69) is 27.1 Å². The van der Waals surface area contributed by atoms with Crippen LogP contribution in [0.2, 0.25) is 0 Å². The Bertz CT molecular complexity index is 1680. The Balaban J connectivity index is 1.79. The summed E-state index contributed by atoms with van der Waals surface area (Å²) in [6.07, 6.45) is 14.9. The highest BCUT2D eigenvalue weighted by Crippen LogP contribution is 2.33. The topological polar surface area (TPSA) is 120 Å². The minimum atomic E-state index is -0.772. The van der Waals surface area contributed by atoms with Crippen LogP contribution < -0.4 is 11.1 Å². The summed E-state index contributed by atoms with van der Waals surface area (Å²) in [6, 6.07) is 7.35. The Morgan fingerprint density at radius 2 is 1.90 bits per heavy atom. The predicted molar refractivity (Wildman–Crippen MR) is 166 cm³/mol. The molecule has 0 aromatic carbocycles. The smallest absolute Gasteiger partial charge is 0.407 e. The second-order valence-corrected chi connectivity index (χ2v) is 11.0. The molecule has 0 fully saturated rings. The Morgan fingerprint density at radius 1 is 1.14 bits per heavy atom. The molecule has 8 heteroatoms. The number of allylic oxidation sites excluding steroid dienone is 7. The number of pyridine rings is 3. The van der Waals surface area contributed by atoms with Crippen LogP contribution in [0.25, 0.3) is 22.0 Å². The predicted octanol–water partition coefficient (Wildman–Crippen LogP) is 5.86. The van der Waals surface area contributed by atoms with Gasteiger partial charge in [0.15, 0.2) is 0 Å². The molecule has 0 bridgehead atoms.